The van der Waals surface area contributed by atoms with Gasteiger partial charge in [0.15, 0.2) is 0 Å². The number of carbonyl (C=O) groups is 1. The van der Waals surface area contributed by atoms with E-state index in [-0.39, 0.29) is 5.41 Å². The average molecular weight is 286 g/mol. The molecule has 1 N–H and O–H groups in total. The summed E-state index contributed by atoms with van der Waals surface area (Å²) in [7, 11) is 0. The zero-order chi connectivity index (χ0) is 13.6. The standard InChI is InChI=1S/C12H19ClF3NO/c13-8-11(5-2-1-3-6-11)9-17-10(18)4-7-12(14,15)16/h1-9H2,(H,17,18). The lowest BCUT2D eigenvalue weighted by Gasteiger charge is -2.35. The molecule has 1 amide bonds. The summed E-state index contributed by atoms with van der Waals surface area (Å²) in [5, 5.41) is 2.59. The average Bonchev–Trinajstić information content (AvgIpc) is 2.34. The van der Waals surface area contributed by atoms with Gasteiger partial charge >= 0.3 is 6.18 Å². The Hall–Kier alpha value is -0.450. The highest BCUT2D eigenvalue weighted by Crippen LogP contribution is 2.36. The van der Waals surface area contributed by atoms with Crippen LogP contribution < -0.4 is 5.32 Å². The minimum atomic E-state index is -4.27. The minimum Gasteiger partial charge on any atom is -0.355 e. The van der Waals surface area contributed by atoms with Gasteiger partial charge in [-0.1, -0.05) is 19.3 Å². The monoisotopic (exact) mass is 285 g/mol. The van der Waals surface area contributed by atoms with E-state index >= 15 is 0 Å². The topological polar surface area (TPSA) is 29.1 Å². The molecule has 106 valence electrons. The van der Waals surface area contributed by atoms with Gasteiger partial charge in [0.2, 0.25) is 5.91 Å². The molecule has 0 radical (unpaired) electrons. The lowest BCUT2D eigenvalue weighted by atomic mass is 9.75. The lowest BCUT2D eigenvalue weighted by molar-refractivity contribution is -0.144. The predicted octanol–water partition coefficient (Wildman–Crippen LogP) is 3.63. The molecule has 0 spiro atoms. The molecule has 1 aliphatic rings. The third-order valence-electron chi connectivity index (χ3n) is 3.49. The zero-order valence-electron chi connectivity index (χ0n) is 10.3. The third kappa shape index (κ3) is 5.46. The van der Waals surface area contributed by atoms with Crippen LogP contribution in [0.5, 0.6) is 0 Å². The Morgan fingerprint density at radius 2 is 1.83 bits per heavy atom. The van der Waals surface area contributed by atoms with Gasteiger partial charge in [-0.3, -0.25) is 4.79 Å². The molecule has 1 aliphatic carbocycles. The molecule has 2 nitrogen and oxygen atoms in total. The van der Waals surface area contributed by atoms with E-state index in [0.29, 0.717) is 12.4 Å². The van der Waals surface area contributed by atoms with Gasteiger partial charge in [-0.2, -0.15) is 13.2 Å². The number of hydrogen-bond donors (Lipinski definition) is 1. The predicted molar refractivity (Wildman–Crippen MR) is 64.5 cm³/mol. The van der Waals surface area contributed by atoms with Crippen LogP contribution in [-0.4, -0.2) is 24.5 Å². The first-order valence-electron chi connectivity index (χ1n) is 6.26. The summed E-state index contributed by atoms with van der Waals surface area (Å²) in [6.45, 7) is 0.396. The molecule has 0 heterocycles. The Morgan fingerprint density at radius 1 is 1.22 bits per heavy atom. The molecule has 0 bridgehead atoms. The first-order valence-corrected chi connectivity index (χ1v) is 6.80. The highest BCUT2D eigenvalue weighted by molar-refractivity contribution is 6.18. The number of hydrogen-bond acceptors (Lipinski definition) is 1. The largest absolute Gasteiger partial charge is 0.389 e. The summed E-state index contributed by atoms with van der Waals surface area (Å²) in [6, 6.07) is 0. The first-order chi connectivity index (χ1) is 8.37. The highest BCUT2D eigenvalue weighted by atomic mass is 35.5. The van der Waals surface area contributed by atoms with Crippen molar-refractivity contribution in [3.8, 4) is 0 Å². The van der Waals surface area contributed by atoms with Crippen molar-refractivity contribution in [2.24, 2.45) is 5.41 Å². The van der Waals surface area contributed by atoms with Crippen LogP contribution in [0.4, 0.5) is 13.2 Å². The van der Waals surface area contributed by atoms with E-state index in [4.69, 9.17) is 11.6 Å². The van der Waals surface area contributed by atoms with Crippen molar-refractivity contribution in [3.05, 3.63) is 0 Å². The summed E-state index contributed by atoms with van der Waals surface area (Å²) < 4.78 is 35.9. The highest BCUT2D eigenvalue weighted by Gasteiger charge is 2.32. The van der Waals surface area contributed by atoms with Crippen LogP contribution in [0.2, 0.25) is 0 Å². The van der Waals surface area contributed by atoms with Crippen LogP contribution in [0, 0.1) is 5.41 Å². The minimum absolute atomic E-state index is 0.117. The van der Waals surface area contributed by atoms with Crippen molar-refractivity contribution in [1.82, 2.24) is 5.32 Å². The summed E-state index contributed by atoms with van der Waals surface area (Å²) in [5.41, 5.74) is -0.117. The fraction of sp³-hybridized carbons (Fsp3) is 0.917. The van der Waals surface area contributed by atoms with E-state index < -0.39 is 24.9 Å². The Labute approximate surface area is 110 Å². The molecule has 0 aromatic rings. The molecule has 1 rings (SSSR count). The summed E-state index contributed by atoms with van der Waals surface area (Å²) in [6.07, 6.45) is -0.635. The van der Waals surface area contributed by atoms with Gasteiger partial charge in [0.1, 0.15) is 0 Å². The maximum Gasteiger partial charge on any atom is 0.389 e. The molecule has 0 unspecified atom stereocenters. The van der Waals surface area contributed by atoms with Gasteiger partial charge in [-0.25, -0.2) is 0 Å². The zero-order valence-corrected chi connectivity index (χ0v) is 11.0. The fourth-order valence-electron chi connectivity index (χ4n) is 2.29. The summed E-state index contributed by atoms with van der Waals surface area (Å²) >= 11 is 5.94. The number of alkyl halides is 4. The SMILES string of the molecule is O=C(CCC(F)(F)F)NCC1(CCl)CCCCC1. The molecular formula is C12H19ClF3NO. The Bertz CT molecular complexity index is 275. The third-order valence-corrected chi connectivity index (χ3v) is 4.06. The first kappa shape index (κ1) is 15.6. The van der Waals surface area contributed by atoms with Crippen LogP contribution in [-0.2, 0) is 4.79 Å². The van der Waals surface area contributed by atoms with E-state index in [0.717, 1.165) is 25.7 Å². The Kier molecular flexibility index (Phi) is 5.76. The quantitative estimate of drug-likeness (QED) is 0.768. The van der Waals surface area contributed by atoms with E-state index in [1.165, 1.54) is 6.42 Å². The van der Waals surface area contributed by atoms with E-state index in [9.17, 15) is 18.0 Å². The summed E-state index contributed by atoms with van der Waals surface area (Å²) in [5.74, 6) is -0.0885. The molecule has 0 aromatic heterocycles. The Balaban J connectivity index is 2.32. The van der Waals surface area contributed by atoms with Crippen molar-refractivity contribution in [2.75, 3.05) is 12.4 Å². The van der Waals surface area contributed by atoms with Crippen molar-refractivity contribution in [1.29, 1.82) is 0 Å². The van der Waals surface area contributed by atoms with E-state index in [1.807, 2.05) is 0 Å². The van der Waals surface area contributed by atoms with Crippen molar-refractivity contribution >= 4 is 17.5 Å². The lowest BCUT2D eigenvalue weighted by Crippen LogP contribution is -2.40. The van der Waals surface area contributed by atoms with Crippen molar-refractivity contribution < 1.29 is 18.0 Å². The fourth-order valence-corrected chi connectivity index (χ4v) is 2.65. The number of rotatable bonds is 5. The molecule has 0 atom stereocenters. The molecule has 18 heavy (non-hydrogen) atoms. The number of halogens is 4. The van der Waals surface area contributed by atoms with Gasteiger partial charge in [-0.05, 0) is 12.8 Å². The van der Waals surface area contributed by atoms with Crippen molar-refractivity contribution in [3.63, 3.8) is 0 Å². The van der Waals surface area contributed by atoms with Gasteiger partial charge in [0.25, 0.3) is 0 Å². The second kappa shape index (κ2) is 6.64. The summed E-state index contributed by atoms with van der Waals surface area (Å²) in [4.78, 5) is 11.3. The maximum absolute atomic E-state index is 12.0. The van der Waals surface area contributed by atoms with Crippen molar-refractivity contribution in [2.45, 2.75) is 51.1 Å². The van der Waals surface area contributed by atoms with Crippen LogP contribution in [0.1, 0.15) is 44.9 Å². The molecule has 6 heteroatoms. The second-order valence-corrected chi connectivity index (χ2v) is 5.35. The molecule has 1 fully saturated rings. The number of nitrogens with one attached hydrogen (secondary N) is 1. The van der Waals surface area contributed by atoms with Gasteiger partial charge < -0.3 is 5.32 Å². The molecular weight excluding hydrogens is 267 g/mol. The van der Waals surface area contributed by atoms with Gasteiger partial charge in [0, 0.05) is 24.3 Å². The van der Waals surface area contributed by atoms with Gasteiger partial charge in [0.05, 0.1) is 6.42 Å². The second-order valence-electron chi connectivity index (χ2n) is 5.09. The maximum atomic E-state index is 12.0. The van der Waals surface area contributed by atoms with Crippen LogP contribution in [0.3, 0.4) is 0 Å². The van der Waals surface area contributed by atoms with E-state index in [1.54, 1.807) is 0 Å². The van der Waals surface area contributed by atoms with Crippen LogP contribution in [0.25, 0.3) is 0 Å². The normalized spacial score (nSPS) is 19.6. The van der Waals surface area contributed by atoms with Crippen LogP contribution >= 0.6 is 11.6 Å². The van der Waals surface area contributed by atoms with Gasteiger partial charge in [-0.15, -0.1) is 11.6 Å². The molecule has 0 aliphatic heterocycles. The number of amides is 1. The molecule has 1 saturated carbocycles. The van der Waals surface area contributed by atoms with Crippen LogP contribution in [0.15, 0.2) is 0 Å². The Morgan fingerprint density at radius 3 is 2.33 bits per heavy atom. The van der Waals surface area contributed by atoms with E-state index in [2.05, 4.69) is 5.32 Å². The molecule has 0 aromatic carbocycles. The molecule has 0 saturated heterocycles. The smallest absolute Gasteiger partial charge is 0.355 e. The number of carbonyl (C=O) groups excluding carboxylic acids is 1.